The SMILES string of the molecule is CC1CN(S(=O)(=O)c2cc(C(=O)N3CCCC3CN3CCCC3)ccc2Cl)CC(C)O1. The van der Waals surface area contributed by atoms with Crippen molar-refractivity contribution in [1.82, 2.24) is 14.1 Å². The maximum atomic E-state index is 13.3. The van der Waals surface area contributed by atoms with Crippen molar-refractivity contribution in [2.24, 2.45) is 0 Å². The van der Waals surface area contributed by atoms with E-state index in [0.717, 1.165) is 32.5 Å². The summed E-state index contributed by atoms with van der Waals surface area (Å²) in [5.74, 6) is -0.112. The van der Waals surface area contributed by atoms with Crippen LogP contribution >= 0.6 is 11.6 Å². The van der Waals surface area contributed by atoms with Crippen molar-refractivity contribution in [2.45, 2.75) is 62.7 Å². The number of benzene rings is 1. The Bertz CT molecular complexity index is 909. The van der Waals surface area contributed by atoms with Crippen LogP contribution in [-0.2, 0) is 14.8 Å². The Labute approximate surface area is 190 Å². The van der Waals surface area contributed by atoms with Gasteiger partial charge in [-0.2, -0.15) is 4.31 Å². The monoisotopic (exact) mass is 469 g/mol. The molecule has 172 valence electrons. The second-order valence-electron chi connectivity index (χ2n) is 9.03. The number of carbonyl (C=O) groups excluding carboxylic acids is 1. The van der Waals surface area contributed by atoms with E-state index in [1.807, 2.05) is 18.7 Å². The molecule has 31 heavy (non-hydrogen) atoms. The topological polar surface area (TPSA) is 70.2 Å². The fourth-order valence-corrected chi connectivity index (χ4v) is 7.11. The van der Waals surface area contributed by atoms with E-state index in [2.05, 4.69) is 4.90 Å². The van der Waals surface area contributed by atoms with Gasteiger partial charge in [-0.3, -0.25) is 4.79 Å². The molecule has 3 fully saturated rings. The van der Waals surface area contributed by atoms with E-state index in [-0.39, 0.29) is 47.2 Å². The summed E-state index contributed by atoms with van der Waals surface area (Å²) in [5.41, 5.74) is 0.380. The van der Waals surface area contributed by atoms with Gasteiger partial charge in [-0.1, -0.05) is 11.6 Å². The fraction of sp³-hybridized carbons (Fsp3) is 0.682. The van der Waals surface area contributed by atoms with Crippen molar-refractivity contribution in [2.75, 3.05) is 39.3 Å². The minimum Gasteiger partial charge on any atom is -0.373 e. The molecule has 3 aliphatic rings. The van der Waals surface area contributed by atoms with E-state index >= 15 is 0 Å². The minimum absolute atomic E-state index is 0.00314. The van der Waals surface area contributed by atoms with E-state index in [4.69, 9.17) is 16.3 Å². The second-order valence-corrected chi connectivity index (χ2v) is 11.3. The molecular formula is C22H32ClN3O4S. The molecule has 3 heterocycles. The molecule has 0 N–H and O–H groups in total. The van der Waals surface area contributed by atoms with Crippen LogP contribution in [0.2, 0.25) is 5.02 Å². The standard InChI is InChI=1S/C22H32ClN3O4S/c1-16-13-25(14-17(2)30-16)31(28,29)21-12-18(7-8-20(21)23)22(27)26-11-5-6-19(26)15-24-9-3-4-10-24/h7-8,12,16-17,19H,3-6,9-11,13-15H2,1-2H3. The lowest BCUT2D eigenvalue weighted by atomic mass is 10.1. The lowest BCUT2D eigenvalue weighted by Crippen LogP contribution is -2.48. The molecule has 0 spiro atoms. The van der Waals surface area contributed by atoms with Gasteiger partial charge in [0.1, 0.15) is 4.90 Å². The van der Waals surface area contributed by atoms with Crippen LogP contribution in [0.3, 0.4) is 0 Å². The average Bonchev–Trinajstić information content (AvgIpc) is 3.39. The molecule has 7 nitrogen and oxygen atoms in total. The van der Waals surface area contributed by atoms with E-state index in [1.165, 1.54) is 29.3 Å². The Morgan fingerprint density at radius 2 is 1.77 bits per heavy atom. The van der Waals surface area contributed by atoms with Crippen LogP contribution < -0.4 is 0 Å². The third-order valence-corrected chi connectivity index (χ3v) is 8.80. The summed E-state index contributed by atoms with van der Waals surface area (Å²) in [5, 5.41) is 0.137. The third-order valence-electron chi connectivity index (χ3n) is 6.49. The predicted molar refractivity (Wildman–Crippen MR) is 120 cm³/mol. The summed E-state index contributed by atoms with van der Waals surface area (Å²) in [6, 6.07) is 4.80. The highest BCUT2D eigenvalue weighted by Gasteiger charge is 2.35. The normalized spacial score (nSPS) is 28.4. The van der Waals surface area contributed by atoms with Crippen LogP contribution in [0, 0.1) is 0 Å². The van der Waals surface area contributed by atoms with Gasteiger partial charge in [0.2, 0.25) is 10.0 Å². The molecule has 9 heteroatoms. The first-order valence-corrected chi connectivity index (χ1v) is 13.1. The Hall–Kier alpha value is -1.19. The lowest BCUT2D eigenvalue weighted by molar-refractivity contribution is -0.0440. The summed E-state index contributed by atoms with van der Waals surface area (Å²) in [4.78, 5) is 17.7. The van der Waals surface area contributed by atoms with Gasteiger partial charge in [0.15, 0.2) is 0 Å². The molecule has 3 unspecified atom stereocenters. The summed E-state index contributed by atoms with van der Waals surface area (Å²) < 4.78 is 33.8. The molecule has 3 saturated heterocycles. The quantitative estimate of drug-likeness (QED) is 0.663. The Morgan fingerprint density at radius 1 is 1.10 bits per heavy atom. The summed E-state index contributed by atoms with van der Waals surface area (Å²) in [6.45, 7) is 8.04. The van der Waals surface area contributed by atoms with Gasteiger partial charge in [0.25, 0.3) is 5.91 Å². The van der Waals surface area contributed by atoms with Crippen LogP contribution in [0.15, 0.2) is 23.1 Å². The van der Waals surface area contributed by atoms with Crippen LogP contribution in [0.25, 0.3) is 0 Å². The van der Waals surface area contributed by atoms with Crippen molar-refractivity contribution in [3.05, 3.63) is 28.8 Å². The highest BCUT2D eigenvalue weighted by molar-refractivity contribution is 7.89. The van der Waals surface area contributed by atoms with Crippen molar-refractivity contribution in [3.8, 4) is 0 Å². The highest BCUT2D eigenvalue weighted by Crippen LogP contribution is 2.30. The van der Waals surface area contributed by atoms with Gasteiger partial charge < -0.3 is 14.5 Å². The van der Waals surface area contributed by atoms with Gasteiger partial charge in [-0.25, -0.2) is 8.42 Å². The lowest BCUT2D eigenvalue weighted by Gasteiger charge is -2.34. The minimum atomic E-state index is -3.83. The first-order valence-electron chi connectivity index (χ1n) is 11.2. The first kappa shape index (κ1) is 23.0. The number of amides is 1. The first-order chi connectivity index (χ1) is 14.8. The molecule has 1 amide bonds. The molecule has 0 aliphatic carbocycles. The number of halogens is 1. The van der Waals surface area contributed by atoms with E-state index in [9.17, 15) is 13.2 Å². The van der Waals surface area contributed by atoms with Gasteiger partial charge in [0.05, 0.1) is 17.2 Å². The van der Waals surface area contributed by atoms with Gasteiger partial charge in [0, 0.05) is 37.8 Å². The van der Waals surface area contributed by atoms with Crippen LogP contribution in [0.4, 0.5) is 0 Å². The molecular weight excluding hydrogens is 438 g/mol. The molecule has 0 bridgehead atoms. The molecule has 0 aromatic heterocycles. The fourth-order valence-electron chi connectivity index (χ4n) is 5.02. The summed E-state index contributed by atoms with van der Waals surface area (Å²) in [7, 11) is -3.83. The molecule has 3 aliphatic heterocycles. The second kappa shape index (κ2) is 9.35. The van der Waals surface area contributed by atoms with Crippen LogP contribution in [0.5, 0.6) is 0 Å². The zero-order valence-corrected chi connectivity index (χ0v) is 19.9. The van der Waals surface area contributed by atoms with Crippen molar-refractivity contribution in [1.29, 1.82) is 0 Å². The molecule has 0 saturated carbocycles. The molecule has 4 rings (SSSR count). The van der Waals surface area contributed by atoms with Crippen molar-refractivity contribution < 1.29 is 17.9 Å². The number of nitrogens with zero attached hydrogens (tertiary/aromatic N) is 3. The number of hydrogen-bond donors (Lipinski definition) is 0. The van der Waals surface area contributed by atoms with Gasteiger partial charge in [-0.15, -0.1) is 0 Å². The van der Waals surface area contributed by atoms with Crippen LogP contribution in [-0.4, -0.2) is 85.9 Å². The number of likely N-dealkylation sites (tertiary alicyclic amines) is 2. The zero-order valence-electron chi connectivity index (χ0n) is 18.3. The van der Waals surface area contributed by atoms with E-state index in [1.54, 1.807) is 6.07 Å². The Morgan fingerprint density at radius 3 is 2.45 bits per heavy atom. The highest BCUT2D eigenvalue weighted by atomic mass is 35.5. The van der Waals surface area contributed by atoms with E-state index < -0.39 is 10.0 Å². The predicted octanol–water partition coefficient (Wildman–Crippen LogP) is 2.84. The third kappa shape index (κ3) is 4.93. The number of sulfonamides is 1. The van der Waals surface area contributed by atoms with Crippen LogP contribution in [0.1, 0.15) is 49.9 Å². The average molecular weight is 470 g/mol. The summed E-state index contributed by atoms with van der Waals surface area (Å²) in [6.07, 6.45) is 4.02. The zero-order chi connectivity index (χ0) is 22.2. The molecule has 1 aromatic rings. The van der Waals surface area contributed by atoms with Crippen molar-refractivity contribution in [3.63, 3.8) is 0 Å². The smallest absolute Gasteiger partial charge is 0.254 e. The Balaban J connectivity index is 1.56. The van der Waals surface area contributed by atoms with Gasteiger partial charge in [-0.05, 0) is 70.8 Å². The number of morpholine rings is 1. The van der Waals surface area contributed by atoms with Crippen molar-refractivity contribution >= 4 is 27.5 Å². The van der Waals surface area contributed by atoms with E-state index in [0.29, 0.717) is 12.1 Å². The Kier molecular flexibility index (Phi) is 6.93. The summed E-state index contributed by atoms with van der Waals surface area (Å²) >= 11 is 6.31. The largest absolute Gasteiger partial charge is 0.373 e. The number of ether oxygens (including phenoxy) is 1. The van der Waals surface area contributed by atoms with Gasteiger partial charge >= 0.3 is 0 Å². The molecule has 0 radical (unpaired) electrons. The number of hydrogen-bond acceptors (Lipinski definition) is 5. The number of rotatable bonds is 5. The maximum absolute atomic E-state index is 13.3. The molecule has 1 aromatic carbocycles. The molecule has 3 atom stereocenters. The number of carbonyl (C=O) groups is 1. The maximum Gasteiger partial charge on any atom is 0.254 e.